The van der Waals surface area contributed by atoms with Crippen LogP contribution in [0, 0.1) is 5.82 Å². The van der Waals surface area contributed by atoms with Gasteiger partial charge in [0.2, 0.25) is 0 Å². The van der Waals surface area contributed by atoms with E-state index in [1.165, 1.54) is 24.4 Å². The Morgan fingerprint density at radius 3 is 2.94 bits per heavy atom. The van der Waals surface area contributed by atoms with E-state index in [1.54, 1.807) is 13.0 Å². The number of aliphatic hydroxyl groups excluding tert-OH is 1. The average Bonchev–Trinajstić information content (AvgIpc) is 2.80. The number of nitrogens with zero attached hydrogens (tertiary/aromatic N) is 1. The van der Waals surface area contributed by atoms with Crippen molar-refractivity contribution in [1.29, 1.82) is 0 Å². The maximum atomic E-state index is 13.0. The molecule has 1 aromatic heterocycles. The lowest BCUT2D eigenvalue weighted by Crippen LogP contribution is -2.01. The van der Waals surface area contributed by atoms with Gasteiger partial charge in [-0.2, -0.15) is 0 Å². The number of hydrogen-bond acceptors (Lipinski definition) is 4. The summed E-state index contributed by atoms with van der Waals surface area (Å²) in [6, 6.07) is 5.68. The highest BCUT2D eigenvalue weighted by Crippen LogP contribution is 2.26. The molecule has 1 heterocycles. The molecule has 0 fully saturated rings. The van der Waals surface area contributed by atoms with Crippen LogP contribution in [0.25, 0.3) is 0 Å². The van der Waals surface area contributed by atoms with E-state index in [1.807, 2.05) is 0 Å². The second-order valence-electron chi connectivity index (χ2n) is 3.63. The molecule has 2 aromatic rings. The highest BCUT2D eigenvalue weighted by Gasteiger charge is 2.11. The van der Waals surface area contributed by atoms with Crippen LogP contribution in [0.3, 0.4) is 0 Å². The zero-order chi connectivity index (χ0) is 12.3. The van der Waals surface area contributed by atoms with Crippen molar-refractivity contribution in [2.24, 2.45) is 0 Å². The van der Waals surface area contributed by atoms with Gasteiger partial charge in [-0.25, -0.2) is 4.39 Å². The lowest BCUT2D eigenvalue weighted by Gasteiger charge is -2.12. The molecular weight excluding hydrogens is 225 g/mol. The van der Waals surface area contributed by atoms with Crippen molar-refractivity contribution < 1.29 is 18.8 Å². The summed E-state index contributed by atoms with van der Waals surface area (Å²) in [4.78, 5) is 0. The van der Waals surface area contributed by atoms with Crippen LogP contribution in [-0.4, -0.2) is 10.3 Å². The summed E-state index contributed by atoms with van der Waals surface area (Å²) >= 11 is 0. The third-order valence-electron chi connectivity index (χ3n) is 2.28. The van der Waals surface area contributed by atoms with Crippen LogP contribution in [0.2, 0.25) is 0 Å². The molecule has 5 heteroatoms. The third-order valence-corrected chi connectivity index (χ3v) is 2.28. The molecule has 0 bridgehead atoms. The van der Waals surface area contributed by atoms with Crippen molar-refractivity contribution in [3.63, 3.8) is 0 Å². The van der Waals surface area contributed by atoms with Crippen molar-refractivity contribution in [3.8, 4) is 5.75 Å². The molecule has 4 nitrogen and oxygen atoms in total. The standard InChI is InChI=1S/C12H12FNO3/c1-8(15)11-6-9(13)2-3-12(11)16-7-10-4-5-14-17-10/h2-6,8,15H,7H2,1H3/t8-/m1/s1. The fourth-order valence-corrected chi connectivity index (χ4v) is 1.44. The molecule has 1 atom stereocenters. The third kappa shape index (κ3) is 2.82. The smallest absolute Gasteiger partial charge is 0.174 e. The van der Waals surface area contributed by atoms with Crippen LogP contribution in [0.5, 0.6) is 5.75 Å². The van der Waals surface area contributed by atoms with Gasteiger partial charge in [0.1, 0.15) is 18.2 Å². The number of ether oxygens (including phenoxy) is 1. The molecule has 0 aliphatic heterocycles. The van der Waals surface area contributed by atoms with Gasteiger partial charge in [-0.15, -0.1) is 0 Å². The number of hydrogen-bond donors (Lipinski definition) is 1. The average molecular weight is 237 g/mol. The van der Waals surface area contributed by atoms with Crippen LogP contribution >= 0.6 is 0 Å². The molecule has 90 valence electrons. The lowest BCUT2D eigenvalue weighted by atomic mass is 10.1. The van der Waals surface area contributed by atoms with Gasteiger partial charge in [-0.05, 0) is 25.1 Å². The van der Waals surface area contributed by atoms with Crippen LogP contribution in [0.15, 0.2) is 35.0 Å². The number of halogens is 1. The molecule has 0 radical (unpaired) electrons. The van der Waals surface area contributed by atoms with E-state index in [4.69, 9.17) is 9.26 Å². The first kappa shape index (κ1) is 11.6. The summed E-state index contributed by atoms with van der Waals surface area (Å²) in [6.07, 6.45) is 0.717. The van der Waals surface area contributed by atoms with E-state index < -0.39 is 11.9 Å². The predicted octanol–water partition coefficient (Wildman–Crippen LogP) is 2.45. The molecule has 0 aliphatic carbocycles. The van der Waals surface area contributed by atoms with Gasteiger partial charge in [0.25, 0.3) is 0 Å². The molecule has 2 rings (SSSR count). The Hall–Kier alpha value is -1.88. The second kappa shape index (κ2) is 4.97. The van der Waals surface area contributed by atoms with E-state index in [0.717, 1.165) is 0 Å². The summed E-state index contributed by atoms with van der Waals surface area (Å²) in [7, 11) is 0. The number of rotatable bonds is 4. The van der Waals surface area contributed by atoms with Crippen LogP contribution < -0.4 is 4.74 Å². The van der Waals surface area contributed by atoms with Gasteiger partial charge in [0, 0.05) is 11.6 Å². The molecule has 0 unspecified atom stereocenters. The molecule has 0 saturated heterocycles. The predicted molar refractivity (Wildman–Crippen MR) is 57.9 cm³/mol. The first-order valence-corrected chi connectivity index (χ1v) is 5.16. The molecule has 1 N–H and O–H groups in total. The largest absolute Gasteiger partial charge is 0.485 e. The lowest BCUT2D eigenvalue weighted by molar-refractivity contribution is 0.185. The maximum Gasteiger partial charge on any atom is 0.174 e. The summed E-state index contributed by atoms with van der Waals surface area (Å²) < 4.78 is 23.3. The Morgan fingerprint density at radius 1 is 1.47 bits per heavy atom. The summed E-state index contributed by atoms with van der Waals surface area (Å²) in [5.41, 5.74) is 0.407. The van der Waals surface area contributed by atoms with Crippen molar-refractivity contribution in [2.75, 3.05) is 0 Å². The van der Waals surface area contributed by atoms with Crippen molar-refractivity contribution >= 4 is 0 Å². The van der Waals surface area contributed by atoms with Gasteiger partial charge in [-0.1, -0.05) is 5.16 Å². The quantitative estimate of drug-likeness (QED) is 0.887. The number of aliphatic hydroxyl groups is 1. The molecule has 0 amide bonds. The summed E-state index contributed by atoms with van der Waals surface area (Å²) in [5, 5.41) is 13.0. The maximum absolute atomic E-state index is 13.0. The summed E-state index contributed by atoms with van der Waals surface area (Å²) in [6.45, 7) is 1.74. The molecule has 0 aliphatic rings. The zero-order valence-corrected chi connectivity index (χ0v) is 9.26. The highest BCUT2D eigenvalue weighted by molar-refractivity contribution is 5.35. The van der Waals surface area contributed by atoms with Gasteiger partial charge >= 0.3 is 0 Å². The van der Waals surface area contributed by atoms with E-state index in [-0.39, 0.29) is 6.61 Å². The van der Waals surface area contributed by atoms with E-state index >= 15 is 0 Å². The van der Waals surface area contributed by atoms with Crippen LogP contribution in [-0.2, 0) is 6.61 Å². The molecule has 0 spiro atoms. The van der Waals surface area contributed by atoms with Gasteiger partial charge in [0.15, 0.2) is 5.76 Å². The number of aromatic nitrogens is 1. The summed E-state index contributed by atoms with van der Waals surface area (Å²) in [5.74, 6) is 0.580. The molecule has 1 aromatic carbocycles. The van der Waals surface area contributed by atoms with Crippen molar-refractivity contribution in [2.45, 2.75) is 19.6 Å². The van der Waals surface area contributed by atoms with E-state index in [0.29, 0.717) is 17.1 Å². The van der Waals surface area contributed by atoms with Crippen LogP contribution in [0.4, 0.5) is 4.39 Å². The Bertz CT molecular complexity index is 483. The minimum absolute atomic E-state index is 0.186. The fraction of sp³-hybridized carbons (Fsp3) is 0.250. The second-order valence-corrected chi connectivity index (χ2v) is 3.63. The van der Waals surface area contributed by atoms with E-state index in [9.17, 15) is 9.50 Å². The Balaban J connectivity index is 2.14. The minimum Gasteiger partial charge on any atom is -0.485 e. The first-order valence-electron chi connectivity index (χ1n) is 5.16. The molecule has 17 heavy (non-hydrogen) atoms. The topological polar surface area (TPSA) is 55.5 Å². The SMILES string of the molecule is C[C@@H](O)c1cc(F)ccc1OCc1ccno1. The van der Waals surface area contributed by atoms with Gasteiger partial charge in [0.05, 0.1) is 12.3 Å². The highest BCUT2D eigenvalue weighted by atomic mass is 19.1. The normalized spacial score (nSPS) is 12.4. The Labute approximate surface area is 97.6 Å². The minimum atomic E-state index is -0.796. The first-order chi connectivity index (χ1) is 8.16. The fourth-order valence-electron chi connectivity index (χ4n) is 1.44. The Kier molecular flexibility index (Phi) is 3.39. The monoisotopic (exact) mass is 237 g/mol. The van der Waals surface area contributed by atoms with Crippen LogP contribution in [0.1, 0.15) is 24.4 Å². The molecular formula is C12H12FNO3. The van der Waals surface area contributed by atoms with Gasteiger partial charge in [-0.3, -0.25) is 0 Å². The van der Waals surface area contributed by atoms with E-state index in [2.05, 4.69) is 5.16 Å². The molecule has 0 saturated carbocycles. The van der Waals surface area contributed by atoms with Gasteiger partial charge < -0.3 is 14.4 Å². The zero-order valence-electron chi connectivity index (χ0n) is 9.26. The Morgan fingerprint density at radius 2 is 2.29 bits per heavy atom. The van der Waals surface area contributed by atoms with Crippen molar-refractivity contribution in [1.82, 2.24) is 5.16 Å². The number of benzene rings is 1. The van der Waals surface area contributed by atoms with Crippen molar-refractivity contribution in [3.05, 3.63) is 47.6 Å².